The maximum atomic E-state index is 11.7. The van der Waals surface area contributed by atoms with Crippen LogP contribution in [0.25, 0.3) is 0 Å². The molecule has 0 amide bonds. The standard InChI is InChI=1S/C13H19Cl2N3O3S.ClH/c1-16-22(19,20)18-9-13(4-5-17-6-7-21-13)10-2-3-11(14)12(15)8-10;/h2-3,8,16-18H,4-7,9H2,1H3;1H/t13-;/m0./s1. The molecule has 0 radical (unpaired) electrons. The van der Waals surface area contributed by atoms with Crippen LogP contribution in [0.1, 0.15) is 12.0 Å². The lowest BCUT2D eigenvalue weighted by atomic mass is 9.90. The van der Waals surface area contributed by atoms with Gasteiger partial charge in [-0.05, 0) is 30.7 Å². The van der Waals surface area contributed by atoms with Crippen LogP contribution in [0.15, 0.2) is 18.2 Å². The number of ether oxygens (including phenoxy) is 1. The minimum Gasteiger partial charge on any atom is -0.368 e. The first-order valence-corrected chi connectivity index (χ1v) is 9.11. The number of nitrogens with one attached hydrogen (secondary N) is 3. The molecule has 6 nitrogen and oxygen atoms in total. The largest absolute Gasteiger partial charge is 0.368 e. The molecule has 1 aliphatic heterocycles. The summed E-state index contributed by atoms with van der Waals surface area (Å²) in [5, 5.41) is 4.09. The SMILES string of the molecule is CNS(=O)(=O)NC[C@]1(c2ccc(Cl)c(Cl)c2)CCNCCO1.Cl. The smallest absolute Gasteiger partial charge is 0.276 e. The molecule has 0 aliphatic carbocycles. The molecule has 23 heavy (non-hydrogen) atoms. The molecule has 0 bridgehead atoms. The predicted octanol–water partition coefficient (Wildman–Crippen LogP) is 1.67. The van der Waals surface area contributed by atoms with E-state index in [1.807, 2.05) is 6.07 Å². The second-order valence-electron chi connectivity index (χ2n) is 5.00. The van der Waals surface area contributed by atoms with Gasteiger partial charge in [-0.3, -0.25) is 0 Å². The average Bonchev–Trinajstić information content (AvgIpc) is 2.75. The van der Waals surface area contributed by atoms with Crippen molar-refractivity contribution in [2.24, 2.45) is 0 Å². The van der Waals surface area contributed by atoms with E-state index in [4.69, 9.17) is 27.9 Å². The first-order chi connectivity index (χ1) is 10.4. The predicted molar refractivity (Wildman–Crippen MR) is 94.8 cm³/mol. The van der Waals surface area contributed by atoms with Crippen molar-refractivity contribution in [1.29, 1.82) is 0 Å². The van der Waals surface area contributed by atoms with Crippen LogP contribution < -0.4 is 14.8 Å². The third-order valence-corrected chi connectivity index (χ3v) is 5.43. The summed E-state index contributed by atoms with van der Waals surface area (Å²) in [5.74, 6) is 0. The van der Waals surface area contributed by atoms with E-state index in [9.17, 15) is 8.42 Å². The third-order valence-electron chi connectivity index (χ3n) is 3.62. The van der Waals surface area contributed by atoms with Gasteiger partial charge in [0.1, 0.15) is 5.60 Å². The van der Waals surface area contributed by atoms with Gasteiger partial charge in [0.15, 0.2) is 0 Å². The summed E-state index contributed by atoms with van der Waals surface area (Å²) in [4.78, 5) is 0. The summed E-state index contributed by atoms with van der Waals surface area (Å²) < 4.78 is 34.1. The topological polar surface area (TPSA) is 79.5 Å². The van der Waals surface area contributed by atoms with E-state index in [-0.39, 0.29) is 19.0 Å². The Kier molecular flexibility index (Phi) is 8.03. The molecular weight excluding hydrogens is 385 g/mol. The lowest BCUT2D eigenvalue weighted by Crippen LogP contribution is -2.46. The molecule has 1 saturated heterocycles. The van der Waals surface area contributed by atoms with Gasteiger partial charge in [0, 0.05) is 20.1 Å². The number of benzene rings is 1. The Balaban J connectivity index is 0.00000264. The first-order valence-electron chi connectivity index (χ1n) is 6.87. The van der Waals surface area contributed by atoms with Crippen LogP contribution >= 0.6 is 35.6 Å². The molecule has 1 aromatic carbocycles. The average molecular weight is 405 g/mol. The van der Waals surface area contributed by atoms with Crippen LogP contribution in [0.4, 0.5) is 0 Å². The minimum atomic E-state index is -3.55. The number of hydrogen-bond donors (Lipinski definition) is 3. The fraction of sp³-hybridized carbons (Fsp3) is 0.538. The van der Waals surface area contributed by atoms with Crippen molar-refractivity contribution in [2.45, 2.75) is 12.0 Å². The van der Waals surface area contributed by atoms with E-state index in [2.05, 4.69) is 14.8 Å². The highest BCUT2D eigenvalue weighted by atomic mass is 35.5. The molecule has 1 fully saturated rings. The Bertz CT molecular complexity index is 620. The van der Waals surface area contributed by atoms with Gasteiger partial charge in [-0.2, -0.15) is 13.1 Å². The highest BCUT2D eigenvalue weighted by Crippen LogP contribution is 2.34. The van der Waals surface area contributed by atoms with E-state index < -0.39 is 15.8 Å². The zero-order valence-corrected chi connectivity index (χ0v) is 15.7. The van der Waals surface area contributed by atoms with Gasteiger partial charge in [0.05, 0.1) is 16.7 Å². The van der Waals surface area contributed by atoms with Crippen LogP contribution in [-0.4, -0.2) is 41.7 Å². The van der Waals surface area contributed by atoms with Gasteiger partial charge in [0.2, 0.25) is 0 Å². The quantitative estimate of drug-likeness (QED) is 0.697. The highest BCUT2D eigenvalue weighted by molar-refractivity contribution is 7.87. The van der Waals surface area contributed by atoms with Crippen LogP contribution in [-0.2, 0) is 20.5 Å². The summed E-state index contributed by atoms with van der Waals surface area (Å²) >= 11 is 12.1. The van der Waals surface area contributed by atoms with Crippen molar-refractivity contribution in [3.63, 3.8) is 0 Å². The molecule has 1 aromatic rings. The molecule has 0 spiro atoms. The van der Waals surface area contributed by atoms with Crippen molar-refractivity contribution in [1.82, 2.24) is 14.8 Å². The molecule has 0 aromatic heterocycles. The molecular formula is C13H20Cl3N3O3S. The first kappa shape index (κ1) is 20.9. The lowest BCUT2D eigenvalue weighted by molar-refractivity contribution is -0.0382. The molecule has 0 unspecified atom stereocenters. The van der Waals surface area contributed by atoms with Crippen LogP contribution in [0.2, 0.25) is 10.0 Å². The third kappa shape index (κ3) is 5.44. The van der Waals surface area contributed by atoms with Crippen molar-refractivity contribution in [3.05, 3.63) is 33.8 Å². The molecule has 3 N–H and O–H groups in total. The van der Waals surface area contributed by atoms with Gasteiger partial charge >= 0.3 is 0 Å². The number of rotatable bonds is 5. The Morgan fingerprint density at radius 2 is 2.04 bits per heavy atom. The fourth-order valence-electron chi connectivity index (χ4n) is 2.34. The summed E-state index contributed by atoms with van der Waals surface area (Å²) in [6, 6.07) is 5.23. The summed E-state index contributed by atoms with van der Waals surface area (Å²) in [5.41, 5.74) is 0.00571. The van der Waals surface area contributed by atoms with Crippen molar-refractivity contribution in [2.75, 3.05) is 33.3 Å². The summed E-state index contributed by atoms with van der Waals surface area (Å²) in [7, 11) is -2.20. The Morgan fingerprint density at radius 1 is 1.30 bits per heavy atom. The van der Waals surface area contributed by atoms with Crippen molar-refractivity contribution in [3.8, 4) is 0 Å². The monoisotopic (exact) mass is 403 g/mol. The maximum absolute atomic E-state index is 11.7. The normalized spacial score (nSPS) is 22.2. The van der Waals surface area contributed by atoms with Gasteiger partial charge in [-0.25, -0.2) is 4.72 Å². The van der Waals surface area contributed by atoms with E-state index in [0.717, 1.165) is 5.56 Å². The number of hydrogen-bond acceptors (Lipinski definition) is 4. The Hall–Kier alpha value is -0.120. The Labute approximate surface area is 152 Å². The fourth-order valence-corrected chi connectivity index (χ4v) is 3.20. The Morgan fingerprint density at radius 3 is 2.70 bits per heavy atom. The van der Waals surface area contributed by atoms with Gasteiger partial charge in [-0.15, -0.1) is 12.4 Å². The van der Waals surface area contributed by atoms with Gasteiger partial charge in [-0.1, -0.05) is 29.3 Å². The second-order valence-corrected chi connectivity index (χ2v) is 7.52. The van der Waals surface area contributed by atoms with E-state index in [1.165, 1.54) is 7.05 Å². The number of halogens is 3. The van der Waals surface area contributed by atoms with Crippen molar-refractivity contribution < 1.29 is 13.2 Å². The minimum absolute atomic E-state index is 0. The molecule has 1 aliphatic rings. The lowest BCUT2D eigenvalue weighted by Gasteiger charge is -2.33. The zero-order chi connectivity index (χ0) is 16.2. The molecule has 1 heterocycles. The van der Waals surface area contributed by atoms with Gasteiger partial charge < -0.3 is 10.1 Å². The molecule has 132 valence electrons. The maximum Gasteiger partial charge on any atom is 0.276 e. The van der Waals surface area contributed by atoms with Crippen LogP contribution in [0.3, 0.4) is 0 Å². The highest BCUT2D eigenvalue weighted by Gasteiger charge is 2.35. The van der Waals surface area contributed by atoms with Crippen LogP contribution in [0.5, 0.6) is 0 Å². The molecule has 0 saturated carbocycles. The van der Waals surface area contributed by atoms with E-state index >= 15 is 0 Å². The van der Waals surface area contributed by atoms with E-state index in [0.29, 0.717) is 36.2 Å². The molecule has 2 rings (SSSR count). The van der Waals surface area contributed by atoms with E-state index in [1.54, 1.807) is 12.1 Å². The molecule has 10 heteroatoms. The van der Waals surface area contributed by atoms with Crippen LogP contribution in [0, 0.1) is 0 Å². The molecule has 1 atom stereocenters. The zero-order valence-electron chi connectivity index (χ0n) is 12.6. The summed E-state index contributed by atoms with van der Waals surface area (Å²) in [6.45, 7) is 2.00. The van der Waals surface area contributed by atoms with Gasteiger partial charge in [0.25, 0.3) is 10.2 Å². The summed E-state index contributed by atoms with van der Waals surface area (Å²) in [6.07, 6.45) is 0.608. The van der Waals surface area contributed by atoms with Crippen molar-refractivity contribution >= 4 is 45.8 Å². The second kappa shape index (κ2) is 8.82.